The number of nitrogens with one attached hydrogen (secondary N) is 1. The highest BCUT2D eigenvalue weighted by Crippen LogP contribution is 2.27. The third-order valence-corrected chi connectivity index (χ3v) is 7.80. The lowest BCUT2D eigenvalue weighted by atomic mass is 9.88. The number of fused-ring (bicyclic) bond motifs is 1. The maximum Gasteiger partial charge on any atom is 0.331 e. The molecule has 2 aliphatic rings. The number of amides is 1. The molecule has 6 nitrogen and oxygen atoms in total. The van der Waals surface area contributed by atoms with Crippen LogP contribution in [0.4, 0.5) is 0 Å². The molecule has 2 aromatic rings. The molecular formula is C25H32N2O4S. The molecule has 2 N–H and O–H groups in total. The number of pyridine rings is 1. The number of rotatable bonds is 6. The van der Waals surface area contributed by atoms with Crippen LogP contribution in [0.5, 0.6) is 0 Å². The van der Waals surface area contributed by atoms with Crippen LogP contribution in [-0.4, -0.2) is 21.6 Å². The zero-order valence-electron chi connectivity index (χ0n) is 18.5. The first-order chi connectivity index (χ1) is 15.5. The monoisotopic (exact) mass is 456 g/mol. The summed E-state index contributed by atoms with van der Waals surface area (Å²) >= 11 is 1.28. The highest BCUT2D eigenvalue weighted by Gasteiger charge is 2.27. The van der Waals surface area contributed by atoms with Gasteiger partial charge in [-0.25, -0.2) is 4.79 Å². The van der Waals surface area contributed by atoms with Gasteiger partial charge in [0.15, 0.2) is 6.04 Å². The average molecular weight is 457 g/mol. The predicted molar refractivity (Wildman–Crippen MR) is 125 cm³/mol. The summed E-state index contributed by atoms with van der Waals surface area (Å²) in [5, 5.41) is 14.0. The van der Waals surface area contributed by atoms with Gasteiger partial charge in [-0.2, -0.15) is 0 Å². The Bertz CT molecular complexity index is 1010. The molecule has 0 saturated heterocycles. The Labute approximate surface area is 192 Å². The largest absolute Gasteiger partial charge is 0.479 e. The van der Waals surface area contributed by atoms with E-state index in [2.05, 4.69) is 5.32 Å². The summed E-state index contributed by atoms with van der Waals surface area (Å²) in [6, 6.07) is 4.02. The van der Waals surface area contributed by atoms with E-state index < -0.39 is 17.9 Å². The quantitative estimate of drug-likeness (QED) is 0.659. The van der Waals surface area contributed by atoms with Gasteiger partial charge in [-0.05, 0) is 67.5 Å². The Morgan fingerprint density at radius 1 is 1.09 bits per heavy atom. The van der Waals surface area contributed by atoms with Gasteiger partial charge in [0.1, 0.15) is 5.56 Å². The number of hydrogen-bond acceptors (Lipinski definition) is 4. The summed E-state index contributed by atoms with van der Waals surface area (Å²) in [6.45, 7) is 0.662. The van der Waals surface area contributed by atoms with E-state index in [9.17, 15) is 19.5 Å². The predicted octanol–water partition coefficient (Wildman–Crippen LogP) is 4.70. The minimum atomic E-state index is -1.16. The van der Waals surface area contributed by atoms with Crippen LogP contribution in [-0.2, 0) is 24.2 Å². The topological polar surface area (TPSA) is 88.4 Å². The summed E-state index contributed by atoms with van der Waals surface area (Å²) in [7, 11) is 0. The zero-order valence-corrected chi connectivity index (χ0v) is 19.3. The van der Waals surface area contributed by atoms with Crippen molar-refractivity contribution >= 4 is 23.2 Å². The number of carbonyl (C=O) groups excluding carboxylic acids is 1. The standard InChI is InChI=1S/C25H32N2O4S/c28-23(26-22(25(30)31)21-13-8-14-32-21)19-15-18-11-6-1-2-7-12-20(18)27(24(19)29)16-17-9-4-3-5-10-17/h8,13-15,17,22H,1-7,9-12,16H2,(H,26,28)(H,30,31)/t22-/m1/s1. The minimum Gasteiger partial charge on any atom is -0.479 e. The molecule has 0 aliphatic heterocycles. The molecule has 1 atom stereocenters. The Morgan fingerprint density at radius 2 is 1.81 bits per heavy atom. The zero-order chi connectivity index (χ0) is 22.5. The van der Waals surface area contributed by atoms with Crippen LogP contribution < -0.4 is 10.9 Å². The lowest BCUT2D eigenvalue weighted by Gasteiger charge is -2.27. The highest BCUT2D eigenvalue weighted by molar-refractivity contribution is 7.10. The minimum absolute atomic E-state index is 0.0722. The summed E-state index contributed by atoms with van der Waals surface area (Å²) < 4.78 is 1.87. The number of aliphatic carboxylic acids is 1. The van der Waals surface area contributed by atoms with E-state index in [0.717, 1.165) is 56.2 Å². The number of thiophene rings is 1. The Kier molecular flexibility index (Phi) is 7.45. The van der Waals surface area contributed by atoms with Crippen LogP contribution in [0.25, 0.3) is 0 Å². The van der Waals surface area contributed by atoms with Crippen molar-refractivity contribution in [1.29, 1.82) is 0 Å². The van der Waals surface area contributed by atoms with Gasteiger partial charge in [-0.1, -0.05) is 38.2 Å². The number of carboxylic acids is 1. The average Bonchev–Trinajstić information content (AvgIpc) is 3.29. The van der Waals surface area contributed by atoms with Gasteiger partial charge in [-0.3, -0.25) is 9.59 Å². The summed E-state index contributed by atoms with van der Waals surface area (Å²) in [6.07, 6.45) is 12.0. The van der Waals surface area contributed by atoms with Gasteiger partial charge >= 0.3 is 5.97 Å². The maximum atomic E-state index is 13.5. The fourth-order valence-corrected chi connectivity index (χ4v) is 5.90. The van der Waals surface area contributed by atoms with E-state index in [1.807, 2.05) is 4.57 Å². The first kappa shape index (κ1) is 22.8. The van der Waals surface area contributed by atoms with E-state index in [1.54, 1.807) is 23.6 Å². The van der Waals surface area contributed by atoms with Crippen LogP contribution in [0, 0.1) is 5.92 Å². The number of hydrogen-bond donors (Lipinski definition) is 2. The molecule has 2 heterocycles. The van der Waals surface area contributed by atoms with Crippen LogP contribution >= 0.6 is 11.3 Å². The molecule has 32 heavy (non-hydrogen) atoms. The van der Waals surface area contributed by atoms with Gasteiger partial charge in [0.2, 0.25) is 0 Å². The molecule has 172 valence electrons. The Balaban J connectivity index is 1.70. The van der Waals surface area contributed by atoms with E-state index in [4.69, 9.17) is 0 Å². The van der Waals surface area contributed by atoms with Gasteiger partial charge in [0.25, 0.3) is 11.5 Å². The van der Waals surface area contributed by atoms with Crippen LogP contribution in [0.1, 0.15) is 90.3 Å². The molecular weight excluding hydrogens is 424 g/mol. The number of carboxylic acid groups (broad SMARTS) is 1. The molecule has 1 amide bonds. The molecule has 0 spiro atoms. The van der Waals surface area contributed by atoms with Crippen molar-refractivity contribution in [3.63, 3.8) is 0 Å². The van der Waals surface area contributed by atoms with Crippen molar-refractivity contribution in [3.05, 3.63) is 55.6 Å². The van der Waals surface area contributed by atoms with Gasteiger partial charge in [0.05, 0.1) is 0 Å². The molecule has 2 aromatic heterocycles. The van der Waals surface area contributed by atoms with Gasteiger partial charge in [0, 0.05) is 17.1 Å². The molecule has 2 aliphatic carbocycles. The van der Waals surface area contributed by atoms with Crippen molar-refractivity contribution in [1.82, 2.24) is 9.88 Å². The third-order valence-electron chi connectivity index (χ3n) is 6.86. The molecule has 0 radical (unpaired) electrons. The molecule has 0 bridgehead atoms. The Hall–Kier alpha value is -2.41. The number of aryl methyl sites for hydroxylation is 1. The highest BCUT2D eigenvalue weighted by atomic mass is 32.1. The molecule has 7 heteroatoms. The van der Waals surface area contributed by atoms with Crippen molar-refractivity contribution in [2.75, 3.05) is 0 Å². The smallest absolute Gasteiger partial charge is 0.331 e. The fourth-order valence-electron chi connectivity index (χ4n) is 5.14. The van der Waals surface area contributed by atoms with Crippen LogP contribution in [0.2, 0.25) is 0 Å². The normalized spacial score (nSPS) is 18.2. The summed E-state index contributed by atoms with van der Waals surface area (Å²) in [5.74, 6) is -1.26. The molecule has 4 rings (SSSR count). The van der Waals surface area contributed by atoms with Gasteiger partial charge < -0.3 is 15.0 Å². The maximum absolute atomic E-state index is 13.5. The number of carbonyl (C=O) groups is 2. The molecule has 1 fully saturated rings. The van der Waals surface area contributed by atoms with Crippen molar-refractivity contribution in [3.8, 4) is 0 Å². The summed E-state index contributed by atoms with van der Waals surface area (Å²) in [5.41, 5.74) is 1.96. The van der Waals surface area contributed by atoms with E-state index in [1.165, 1.54) is 37.0 Å². The van der Waals surface area contributed by atoms with Crippen molar-refractivity contribution in [2.45, 2.75) is 83.2 Å². The first-order valence-electron chi connectivity index (χ1n) is 11.9. The Morgan fingerprint density at radius 3 is 2.50 bits per heavy atom. The lowest BCUT2D eigenvalue weighted by molar-refractivity contribution is -0.139. The van der Waals surface area contributed by atoms with E-state index in [-0.39, 0.29) is 11.1 Å². The van der Waals surface area contributed by atoms with Crippen LogP contribution in [0.3, 0.4) is 0 Å². The fraction of sp³-hybridized carbons (Fsp3) is 0.560. The van der Waals surface area contributed by atoms with Crippen LogP contribution in [0.15, 0.2) is 28.4 Å². The van der Waals surface area contributed by atoms with Crippen molar-refractivity contribution < 1.29 is 14.7 Å². The number of nitrogens with zero attached hydrogens (tertiary/aromatic N) is 1. The molecule has 0 aromatic carbocycles. The van der Waals surface area contributed by atoms with E-state index >= 15 is 0 Å². The third kappa shape index (κ3) is 5.14. The lowest BCUT2D eigenvalue weighted by Crippen LogP contribution is -2.39. The number of aromatic nitrogens is 1. The second-order valence-corrected chi connectivity index (χ2v) is 10.1. The second kappa shape index (κ2) is 10.5. The molecule has 1 saturated carbocycles. The second-order valence-electron chi connectivity index (χ2n) is 9.12. The van der Waals surface area contributed by atoms with E-state index in [0.29, 0.717) is 17.3 Å². The molecule has 0 unspecified atom stereocenters. The first-order valence-corrected chi connectivity index (χ1v) is 12.7. The van der Waals surface area contributed by atoms with Crippen molar-refractivity contribution in [2.24, 2.45) is 5.92 Å². The summed E-state index contributed by atoms with van der Waals surface area (Å²) in [4.78, 5) is 39.1. The van der Waals surface area contributed by atoms with Gasteiger partial charge in [-0.15, -0.1) is 11.3 Å². The SMILES string of the molecule is O=C(N[C@@H](C(=O)O)c1cccs1)c1cc2c(n(CC3CCCCC3)c1=O)CCCCCC2.